The molecule has 0 radical (unpaired) electrons. The van der Waals surface area contributed by atoms with E-state index in [1.165, 1.54) is 12.1 Å². The molecule has 5 heteroatoms. The number of hydrazine groups is 1. The summed E-state index contributed by atoms with van der Waals surface area (Å²) in [6.07, 6.45) is 2.30. The number of nitrogens with zero attached hydrogens (tertiary/aromatic N) is 1. The second-order valence-corrected chi connectivity index (χ2v) is 4.87. The number of nitrogens with one attached hydrogen (secondary N) is 1. The van der Waals surface area contributed by atoms with Crippen molar-refractivity contribution in [3.63, 3.8) is 0 Å². The molecule has 2 aromatic rings. The van der Waals surface area contributed by atoms with Gasteiger partial charge in [0.1, 0.15) is 5.82 Å². The molecule has 1 aromatic carbocycles. The Balaban J connectivity index is 2.17. The minimum Gasteiger partial charge on any atom is -0.271 e. The third-order valence-corrected chi connectivity index (χ3v) is 3.11. The van der Waals surface area contributed by atoms with Crippen molar-refractivity contribution in [1.29, 1.82) is 0 Å². The van der Waals surface area contributed by atoms with Gasteiger partial charge in [0.25, 0.3) is 0 Å². The lowest BCUT2D eigenvalue weighted by molar-refractivity contribution is 0.535. The highest BCUT2D eigenvalue weighted by atomic mass is 79.9. The SMILES string of the molecule is NNC(Cc1cccc(F)c1)c1ccc(Br)cn1. The number of aromatic nitrogens is 1. The number of hydrogen-bond donors (Lipinski definition) is 2. The normalized spacial score (nSPS) is 12.4. The quantitative estimate of drug-likeness (QED) is 0.674. The van der Waals surface area contributed by atoms with Crippen molar-refractivity contribution in [2.45, 2.75) is 12.5 Å². The first-order valence-electron chi connectivity index (χ1n) is 5.51. The summed E-state index contributed by atoms with van der Waals surface area (Å²) >= 11 is 3.33. The van der Waals surface area contributed by atoms with Crippen molar-refractivity contribution in [2.75, 3.05) is 0 Å². The summed E-state index contributed by atoms with van der Waals surface area (Å²) < 4.78 is 14.0. The lowest BCUT2D eigenvalue weighted by Gasteiger charge is -2.15. The third-order valence-electron chi connectivity index (χ3n) is 2.64. The highest BCUT2D eigenvalue weighted by Gasteiger charge is 2.12. The lowest BCUT2D eigenvalue weighted by atomic mass is 10.0. The van der Waals surface area contributed by atoms with Crippen LogP contribution in [0.4, 0.5) is 4.39 Å². The zero-order chi connectivity index (χ0) is 13.0. The van der Waals surface area contributed by atoms with Gasteiger partial charge in [0, 0.05) is 10.7 Å². The number of rotatable bonds is 4. The molecule has 1 heterocycles. The van der Waals surface area contributed by atoms with Gasteiger partial charge in [-0.3, -0.25) is 16.3 Å². The maximum atomic E-state index is 13.1. The van der Waals surface area contributed by atoms with E-state index in [4.69, 9.17) is 5.84 Å². The van der Waals surface area contributed by atoms with Gasteiger partial charge in [0.05, 0.1) is 11.7 Å². The van der Waals surface area contributed by atoms with E-state index in [-0.39, 0.29) is 11.9 Å². The van der Waals surface area contributed by atoms with Crippen LogP contribution in [0.15, 0.2) is 47.1 Å². The van der Waals surface area contributed by atoms with E-state index < -0.39 is 0 Å². The van der Waals surface area contributed by atoms with Crippen LogP contribution in [0, 0.1) is 5.82 Å². The molecule has 1 aromatic heterocycles. The van der Waals surface area contributed by atoms with E-state index in [1.807, 2.05) is 18.2 Å². The molecule has 18 heavy (non-hydrogen) atoms. The molecule has 0 saturated heterocycles. The summed E-state index contributed by atoms with van der Waals surface area (Å²) in [5.41, 5.74) is 4.41. The van der Waals surface area contributed by atoms with Gasteiger partial charge in [-0.25, -0.2) is 4.39 Å². The molecule has 0 aliphatic rings. The summed E-state index contributed by atoms with van der Waals surface area (Å²) in [4.78, 5) is 4.28. The van der Waals surface area contributed by atoms with E-state index >= 15 is 0 Å². The predicted octanol–water partition coefficient (Wildman–Crippen LogP) is 2.73. The first kappa shape index (κ1) is 13.1. The molecule has 0 aliphatic heterocycles. The molecule has 0 bridgehead atoms. The maximum Gasteiger partial charge on any atom is 0.123 e. The van der Waals surface area contributed by atoms with Crippen LogP contribution in [0.25, 0.3) is 0 Å². The Labute approximate surface area is 113 Å². The van der Waals surface area contributed by atoms with Gasteiger partial charge in [-0.15, -0.1) is 0 Å². The van der Waals surface area contributed by atoms with Crippen LogP contribution >= 0.6 is 15.9 Å². The molecule has 0 fully saturated rings. The number of hydrogen-bond acceptors (Lipinski definition) is 3. The highest BCUT2D eigenvalue weighted by molar-refractivity contribution is 9.10. The summed E-state index contributed by atoms with van der Waals surface area (Å²) in [5.74, 6) is 5.29. The van der Waals surface area contributed by atoms with E-state index in [0.717, 1.165) is 15.7 Å². The van der Waals surface area contributed by atoms with Gasteiger partial charge in [0.15, 0.2) is 0 Å². The summed E-state index contributed by atoms with van der Waals surface area (Å²) in [7, 11) is 0. The van der Waals surface area contributed by atoms with E-state index in [9.17, 15) is 4.39 Å². The van der Waals surface area contributed by atoms with E-state index in [2.05, 4.69) is 26.3 Å². The molecular formula is C13H13BrFN3. The van der Waals surface area contributed by atoms with Gasteiger partial charge in [-0.1, -0.05) is 12.1 Å². The smallest absolute Gasteiger partial charge is 0.123 e. The van der Waals surface area contributed by atoms with Crippen LogP contribution in [-0.4, -0.2) is 4.98 Å². The van der Waals surface area contributed by atoms with E-state index in [1.54, 1.807) is 12.3 Å². The van der Waals surface area contributed by atoms with Crippen molar-refractivity contribution in [2.24, 2.45) is 5.84 Å². The van der Waals surface area contributed by atoms with Crippen molar-refractivity contribution in [3.05, 3.63) is 64.1 Å². The van der Waals surface area contributed by atoms with Crippen LogP contribution in [0.5, 0.6) is 0 Å². The van der Waals surface area contributed by atoms with Gasteiger partial charge in [0.2, 0.25) is 0 Å². The van der Waals surface area contributed by atoms with Crippen LogP contribution in [0.1, 0.15) is 17.3 Å². The molecular weight excluding hydrogens is 297 g/mol. The number of benzene rings is 1. The van der Waals surface area contributed by atoms with Crippen LogP contribution in [0.2, 0.25) is 0 Å². The number of pyridine rings is 1. The topological polar surface area (TPSA) is 50.9 Å². The van der Waals surface area contributed by atoms with Crippen molar-refractivity contribution >= 4 is 15.9 Å². The Morgan fingerprint density at radius 3 is 2.78 bits per heavy atom. The molecule has 3 N–H and O–H groups in total. The van der Waals surface area contributed by atoms with Crippen LogP contribution in [-0.2, 0) is 6.42 Å². The standard InChI is InChI=1S/C13H13BrFN3/c14-10-4-5-12(17-8-10)13(18-16)7-9-2-1-3-11(15)6-9/h1-6,8,13,18H,7,16H2. The van der Waals surface area contributed by atoms with Gasteiger partial charge in [-0.2, -0.15) is 0 Å². The third kappa shape index (κ3) is 3.35. The number of nitrogens with two attached hydrogens (primary N) is 1. The molecule has 1 atom stereocenters. The molecule has 0 aliphatic carbocycles. The molecule has 1 unspecified atom stereocenters. The lowest BCUT2D eigenvalue weighted by Crippen LogP contribution is -2.30. The van der Waals surface area contributed by atoms with Crippen molar-refractivity contribution in [1.82, 2.24) is 10.4 Å². The molecule has 94 valence electrons. The molecule has 0 saturated carbocycles. The Morgan fingerprint density at radius 2 is 2.17 bits per heavy atom. The number of halogens is 2. The highest BCUT2D eigenvalue weighted by Crippen LogP contribution is 2.18. The molecule has 2 rings (SSSR count). The second kappa shape index (κ2) is 6.04. The Bertz CT molecular complexity index is 516. The summed E-state index contributed by atoms with van der Waals surface area (Å²) in [5, 5.41) is 0. The zero-order valence-corrected chi connectivity index (χ0v) is 11.2. The van der Waals surface area contributed by atoms with Gasteiger partial charge < -0.3 is 0 Å². The maximum absolute atomic E-state index is 13.1. The first-order chi connectivity index (χ1) is 8.69. The monoisotopic (exact) mass is 309 g/mol. The van der Waals surface area contributed by atoms with Crippen molar-refractivity contribution < 1.29 is 4.39 Å². The van der Waals surface area contributed by atoms with Gasteiger partial charge in [-0.05, 0) is 52.2 Å². The van der Waals surface area contributed by atoms with E-state index in [0.29, 0.717) is 6.42 Å². The van der Waals surface area contributed by atoms with Crippen molar-refractivity contribution in [3.8, 4) is 0 Å². The van der Waals surface area contributed by atoms with Crippen LogP contribution < -0.4 is 11.3 Å². The average molecular weight is 310 g/mol. The predicted molar refractivity (Wildman–Crippen MR) is 72.1 cm³/mol. The largest absolute Gasteiger partial charge is 0.271 e. The second-order valence-electron chi connectivity index (χ2n) is 3.95. The summed E-state index contributed by atoms with van der Waals surface area (Å²) in [6, 6.07) is 10.1. The Morgan fingerprint density at radius 1 is 1.33 bits per heavy atom. The fraction of sp³-hybridized carbons (Fsp3) is 0.154. The Hall–Kier alpha value is -1.30. The average Bonchev–Trinajstić information content (AvgIpc) is 2.37. The fourth-order valence-corrected chi connectivity index (χ4v) is 1.98. The molecule has 0 spiro atoms. The van der Waals surface area contributed by atoms with Crippen LogP contribution in [0.3, 0.4) is 0 Å². The fourth-order valence-electron chi connectivity index (χ4n) is 1.74. The Kier molecular flexibility index (Phi) is 4.41. The molecule has 0 amide bonds. The van der Waals surface area contributed by atoms with Gasteiger partial charge >= 0.3 is 0 Å². The first-order valence-corrected chi connectivity index (χ1v) is 6.30. The summed E-state index contributed by atoms with van der Waals surface area (Å²) in [6.45, 7) is 0. The zero-order valence-electron chi connectivity index (χ0n) is 9.61. The molecule has 3 nitrogen and oxygen atoms in total. The minimum absolute atomic E-state index is 0.139. The minimum atomic E-state index is -0.243.